The molecule has 0 amide bonds. The zero-order valence-electron chi connectivity index (χ0n) is 14.2. The maximum absolute atomic E-state index is 14.2. The van der Waals surface area contributed by atoms with E-state index < -0.39 is 0 Å². The molecule has 4 rings (SSSR count). The van der Waals surface area contributed by atoms with Crippen LogP contribution >= 0.6 is 0 Å². The van der Waals surface area contributed by atoms with E-state index in [1.807, 2.05) is 6.07 Å². The lowest BCUT2D eigenvalue weighted by Gasteiger charge is -2.39. The number of fused-ring (bicyclic) bond motifs is 1. The van der Waals surface area contributed by atoms with Gasteiger partial charge in [0.05, 0.1) is 0 Å². The molecule has 2 aliphatic heterocycles. The molecule has 2 aromatic rings. The summed E-state index contributed by atoms with van der Waals surface area (Å²) in [6, 6.07) is 7.44. The predicted octanol–water partition coefficient (Wildman–Crippen LogP) is 3.32. The van der Waals surface area contributed by atoms with Gasteiger partial charge in [-0.15, -0.1) is 0 Å². The van der Waals surface area contributed by atoms with Gasteiger partial charge in [0.1, 0.15) is 17.3 Å². The molecule has 0 radical (unpaired) electrons. The van der Waals surface area contributed by atoms with Gasteiger partial charge in [0.25, 0.3) is 0 Å². The predicted molar refractivity (Wildman–Crippen MR) is 91.1 cm³/mol. The van der Waals surface area contributed by atoms with E-state index in [4.69, 9.17) is 4.52 Å². The molecule has 128 valence electrons. The Morgan fingerprint density at radius 2 is 2.00 bits per heavy atom. The molecule has 3 heterocycles. The van der Waals surface area contributed by atoms with Crippen LogP contribution in [-0.2, 0) is 13.0 Å². The Bertz CT molecular complexity index is 706. The fourth-order valence-electron chi connectivity index (χ4n) is 4.01. The minimum atomic E-state index is -0.234. The first-order chi connectivity index (χ1) is 11.8. The van der Waals surface area contributed by atoms with Crippen LogP contribution in [0.1, 0.15) is 31.1 Å². The minimum Gasteiger partial charge on any atom is -0.360 e. The molecule has 24 heavy (non-hydrogen) atoms. The molecule has 0 N–H and O–H groups in total. The van der Waals surface area contributed by atoms with Crippen LogP contribution in [0.5, 0.6) is 0 Å². The van der Waals surface area contributed by atoms with Crippen LogP contribution < -0.4 is 0 Å². The molecule has 1 aromatic carbocycles. The van der Waals surface area contributed by atoms with Gasteiger partial charge in [-0.1, -0.05) is 24.2 Å². The summed E-state index contributed by atoms with van der Waals surface area (Å²) in [6.07, 6.45) is 3.29. The average Bonchev–Trinajstić information content (AvgIpc) is 3.05. The topological polar surface area (TPSA) is 32.5 Å². The lowest BCUT2D eigenvalue weighted by Crippen LogP contribution is -2.46. The van der Waals surface area contributed by atoms with Crippen molar-refractivity contribution in [3.8, 4) is 11.3 Å². The lowest BCUT2D eigenvalue weighted by molar-refractivity contribution is 0.0975. The molecule has 4 nitrogen and oxygen atoms in total. The van der Waals surface area contributed by atoms with Crippen molar-refractivity contribution in [2.24, 2.45) is 0 Å². The molecule has 1 saturated heterocycles. The maximum Gasteiger partial charge on any atom is 0.143 e. The summed E-state index contributed by atoms with van der Waals surface area (Å²) in [4.78, 5) is 5.05. The average molecular weight is 329 g/mol. The van der Waals surface area contributed by atoms with Crippen LogP contribution in [-0.4, -0.2) is 47.2 Å². The van der Waals surface area contributed by atoms with E-state index in [1.54, 1.807) is 12.1 Å². The van der Waals surface area contributed by atoms with Crippen molar-refractivity contribution in [3.05, 3.63) is 41.4 Å². The Hall–Kier alpha value is -1.72. The van der Waals surface area contributed by atoms with Gasteiger partial charge in [-0.25, -0.2) is 4.39 Å². The van der Waals surface area contributed by atoms with Crippen molar-refractivity contribution < 1.29 is 8.91 Å². The van der Waals surface area contributed by atoms with Crippen LogP contribution in [0, 0.1) is 5.82 Å². The SMILES string of the molecule is CCN1CCC(N2CCc3onc(-c4ccccc4F)c3C2)CC1. The highest BCUT2D eigenvalue weighted by Gasteiger charge is 2.31. The second kappa shape index (κ2) is 6.65. The monoisotopic (exact) mass is 329 g/mol. The van der Waals surface area contributed by atoms with E-state index in [0.29, 0.717) is 17.3 Å². The number of aromatic nitrogens is 1. The minimum absolute atomic E-state index is 0.234. The zero-order valence-corrected chi connectivity index (χ0v) is 14.2. The highest BCUT2D eigenvalue weighted by Crippen LogP contribution is 2.33. The van der Waals surface area contributed by atoms with Crippen molar-refractivity contribution in [2.45, 2.75) is 38.8 Å². The summed E-state index contributed by atoms with van der Waals surface area (Å²) in [5.41, 5.74) is 2.30. The van der Waals surface area contributed by atoms with Gasteiger partial charge in [0.2, 0.25) is 0 Å². The number of likely N-dealkylation sites (tertiary alicyclic amines) is 1. The van der Waals surface area contributed by atoms with Gasteiger partial charge in [-0.05, 0) is 44.6 Å². The van der Waals surface area contributed by atoms with Gasteiger partial charge in [0.15, 0.2) is 0 Å². The molecule has 0 aliphatic carbocycles. The Balaban J connectivity index is 1.55. The molecule has 0 unspecified atom stereocenters. The smallest absolute Gasteiger partial charge is 0.143 e. The molecule has 1 fully saturated rings. The summed E-state index contributed by atoms with van der Waals surface area (Å²) < 4.78 is 19.7. The third kappa shape index (κ3) is 2.87. The molecule has 0 bridgehead atoms. The first-order valence-corrected chi connectivity index (χ1v) is 8.95. The zero-order chi connectivity index (χ0) is 16.5. The second-order valence-electron chi connectivity index (χ2n) is 6.80. The molecule has 0 atom stereocenters. The fourth-order valence-corrected chi connectivity index (χ4v) is 4.01. The van der Waals surface area contributed by atoms with Crippen molar-refractivity contribution in [3.63, 3.8) is 0 Å². The quantitative estimate of drug-likeness (QED) is 0.865. The highest BCUT2D eigenvalue weighted by atomic mass is 19.1. The maximum atomic E-state index is 14.2. The first-order valence-electron chi connectivity index (χ1n) is 8.95. The van der Waals surface area contributed by atoms with Gasteiger partial charge in [-0.2, -0.15) is 0 Å². The molecule has 0 saturated carbocycles. The standard InChI is InChI=1S/C19H24FN3O/c1-2-22-10-7-14(8-11-22)23-12-9-18-16(13-23)19(21-24-18)15-5-3-4-6-17(15)20/h3-6,14H,2,7-13H2,1H3. The van der Waals surface area contributed by atoms with E-state index in [-0.39, 0.29) is 5.82 Å². The Kier molecular flexibility index (Phi) is 4.37. The number of rotatable bonds is 3. The molecule has 2 aliphatic rings. The van der Waals surface area contributed by atoms with E-state index in [9.17, 15) is 4.39 Å². The second-order valence-corrected chi connectivity index (χ2v) is 6.80. The molecule has 0 spiro atoms. The Labute approximate surface area is 142 Å². The normalized spacial score (nSPS) is 20.2. The van der Waals surface area contributed by atoms with Gasteiger partial charge < -0.3 is 9.42 Å². The van der Waals surface area contributed by atoms with Crippen molar-refractivity contribution in [1.82, 2.24) is 15.0 Å². The van der Waals surface area contributed by atoms with E-state index in [2.05, 4.69) is 21.9 Å². The number of hydrogen-bond donors (Lipinski definition) is 0. The summed E-state index contributed by atoms with van der Waals surface area (Å²) in [5.74, 6) is 0.692. The summed E-state index contributed by atoms with van der Waals surface area (Å²) in [7, 11) is 0. The largest absolute Gasteiger partial charge is 0.360 e. The van der Waals surface area contributed by atoms with Crippen LogP contribution in [0.2, 0.25) is 0 Å². The number of nitrogens with zero attached hydrogens (tertiary/aromatic N) is 3. The number of halogens is 1. The first kappa shape index (κ1) is 15.8. The molecular formula is C19H24FN3O. The fraction of sp³-hybridized carbons (Fsp3) is 0.526. The Morgan fingerprint density at radius 3 is 2.75 bits per heavy atom. The van der Waals surface area contributed by atoms with Crippen LogP contribution in [0.25, 0.3) is 11.3 Å². The third-order valence-corrected chi connectivity index (χ3v) is 5.51. The van der Waals surface area contributed by atoms with Gasteiger partial charge >= 0.3 is 0 Å². The number of hydrogen-bond acceptors (Lipinski definition) is 4. The van der Waals surface area contributed by atoms with E-state index in [0.717, 1.165) is 37.4 Å². The van der Waals surface area contributed by atoms with E-state index in [1.165, 1.54) is 32.0 Å². The molecular weight excluding hydrogens is 305 g/mol. The number of benzene rings is 1. The van der Waals surface area contributed by atoms with Crippen molar-refractivity contribution in [2.75, 3.05) is 26.2 Å². The van der Waals surface area contributed by atoms with Crippen molar-refractivity contribution in [1.29, 1.82) is 0 Å². The van der Waals surface area contributed by atoms with Gasteiger partial charge in [-0.3, -0.25) is 4.90 Å². The summed E-state index contributed by atoms with van der Waals surface area (Å²) >= 11 is 0. The van der Waals surface area contributed by atoms with Crippen LogP contribution in [0.3, 0.4) is 0 Å². The molecule has 1 aromatic heterocycles. The van der Waals surface area contributed by atoms with E-state index >= 15 is 0 Å². The van der Waals surface area contributed by atoms with Gasteiger partial charge in [0, 0.05) is 36.7 Å². The van der Waals surface area contributed by atoms with Crippen LogP contribution in [0.4, 0.5) is 4.39 Å². The summed E-state index contributed by atoms with van der Waals surface area (Å²) in [6.45, 7) is 7.54. The molecule has 5 heteroatoms. The summed E-state index contributed by atoms with van der Waals surface area (Å²) in [5, 5.41) is 4.18. The Morgan fingerprint density at radius 1 is 1.21 bits per heavy atom. The lowest BCUT2D eigenvalue weighted by atomic mass is 9.96. The number of piperidine rings is 1. The third-order valence-electron chi connectivity index (χ3n) is 5.51. The van der Waals surface area contributed by atoms with Crippen molar-refractivity contribution >= 4 is 0 Å². The van der Waals surface area contributed by atoms with Crippen LogP contribution in [0.15, 0.2) is 28.8 Å². The highest BCUT2D eigenvalue weighted by molar-refractivity contribution is 5.64.